The number of para-hydroxylation sites is 1. The van der Waals surface area contributed by atoms with Crippen LogP contribution in [0.1, 0.15) is 25.8 Å². The molecule has 0 unspecified atom stereocenters. The first-order valence-corrected chi connectivity index (χ1v) is 9.05. The van der Waals surface area contributed by atoms with Gasteiger partial charge in [-0.25, -0.2) is 0 Å². The maximum Gasteiger partial charge on any atom is 0.280 e. The number of carbonyl (C=O) groups is 1. The Morgan fingerprint density at radius 1 is 1.19 bits per heavy atom. The number of ether oxygens (including phenoxy) is 1. The van der Waals surface area contributed by atoms with Crippen LogP contribution in [0.3, 0.4) is 0 Å². The van der Waals surface area contributed by atoms with Crippen LogP contribution in [0.15, 0.2) is 53.1 Å². The second-order valence-corrected chi connectivity index (χ2v) is 6.69. The zero-order chi connectivity index (χ0) is 18.7. The number of amides is 1. The highest BCUT2D eigenvalue weighted by Gasteiger charge is 2.29. The molecule has 3 rings (SSSR count). The van der Waals surface area contributed by atoms with Crippen molar-refractivity contribution in [1.82, 2.24) is 0 Å². The Morgan fingerprint density at radius 2 is 1.92 bits per heavy atom. The van der Waals surface area contributed by atoms with E-state index in [9.17, 15) is 4.79 Å². The van der Waals surface area contributed by atoms with E-state index < -0.39 is 0 Å². The zero-order valence-corrected chi connectivity index (χ0v) is 16.0. The third-order valence-electron chi connectivity index (χ3n) is 3.85. The summed E-state index contributed by atoms with van der Waals surface area (Å²) in [6.45, 7) is 4.33. The van der Waals surface area contributed by atoms with Crippen molar-refractivity contribution in [2.24, 2.45) is 5.10 Å². The minimum absolute atomic E-state index is 0.203. The molecule has 0 spiro atoms. The largest absolute Gasteiger partial charge is 0.491 e. The number of hydrazone groups is 1. The summed E-state index contributed by atoms with van der Waals surface area (Å²) in [5, 5.41) is 6.66. The fourth-order valence-corrected chi connectivity index (χ4v) is 3.19. The molecule has 2 aromatic carbocycles. The first-order valence-electron chi connectivity index (χ1n) is 8.30. The molecule has 6 heteroatoms. The fourth-order valence-electron chi connectivity index (χ4n) is 2.63. The predicted octanol–water partition coefficient (Wildman–Crippen LogP) is 5.59. The first kappa shape index (κ1) is 18.5. The highest BCUT2D eigenvalue weighted by Crippen LogP contribution is 2.35. The molecule has 1 aliphatic rings. The summed E-state index contributed by atoms with van der Waals surface area (Å²) >= 11 is 12.4. The topological polar surface area (TPSA) is 41.9 Å². The molecule has 1 aliphatic heterocycles. The molecule has 0 aliphatic carbocycles. The Kier molecular flexibility index (Phi) is 5.64. The summed E-state index contributed by atoms with van der Waals surface area (Å²) in [6, 6.07) is 12.7. The summed E-state index contributed by atoms with van der Waals surface area (Å²) in [5.74, 6) is 0.315. The van der Waals surface area contributed by atoms with Crippen molar-refractivity contribution in [3.05, 3.63) is 63.6 Å². The van der Waals surface area contributed by atoms with Gasteiger partial charge in [0.05, 0.1) is 28.6 Å². The molecule has 0 atom stereocenters. The smallest absolute Gasteiger partial charge is 0.280 e. The Balaban J connectivity index is 2.00. The van der Waals surface area contributed by atoms with Gasteiger partial charge in [-0.15, -0.1) is 0 Å². The average molecular weight is 389 g/mol. The van der Waals surface area contributed by atoms with Gasteiger partial charge in [0.25, 0.3) is 5.91 Å². The Bertz CT molecular complexity index is 892. The van der Waals surface area contributed by atoms with Crippen LogP contribution in [0.25, 0.3) is 6.08 Å². The Hall–Kier alpha value is -2.30. The molecular formula is C20H18Cl2N2O2. The molecule has 0 N–H and O–H groups in total. The molecule has 0 radical (unpaired) electrons. The molecule has 0 saturated carbocycles. The van der Waals surface area contributed by atoms with Crippen molar-refractivity contribution in [2.45, 2.75) is 20.3 Å². The van der Waals surface area contributed by atoms with Gasteiger partial charge in [0.2, 0.25) is 0 Å². The van der Waals surface area contributed by atoms with Crippen LogP contribution in [-0.2, 0) is 4.79 Å². The first-order chi connectivity index (χ1) is 12.5. The molecule has 2 aromatic rings. The normalized spacial score (nSPS) is 15.5. The van der Waals surface area contributed by atoms with Crippen LogP contribution >= 0.6 is 23.2 Å². The third kappa shape index (κ3) is 3.76. The summed E-state index contributed by atoms with van der Waals surface area (Å²) < 4.78 is 5.76. The van der Waals surface area contributed by atoms with E-state index in [-0.39, 0.29) is 5.91 Å². The molecule has 134 valence electrons. The van der Waals surface area contributed by atoms with Crippen molar-refractivity contribution in [1.29, 1.82) is 0 Å². The molecular weight excluding hydrogens is 371 g/mol. The highest BCUT2D eigenvalue weighted by molar-refractivity contribution is 6.36. The fraction of sp³-hybridized carbons (Fsp3) is 0.200. The van der Waals surface area contributed by atoms with E-state index in [2.05, 4.69) is 5.10 Å². The SMILES string of the molecule is CCCOc1c(Cl)cc(Cl)cc1/C=C1/C(=O)N(c2ccccc2)N=C1C. The van der Waals surface area contributed by atoms with E-state index in [4.69, 9.17) is 27.9 Å². The van der Waals surface area contributed by atoms with Crippen molar-refractivity contribution in [3.8, 4) is 5.75 Å². The van der Waals surface area contributed by atoms with Gasteiger partial charge >= 0.3 is 0 Å². The van der Waals surface area contributed by atoms with Crippen LogP contribution in [0.5, 0.6) is 5.75 Å². The number of hydrogen-bond acceptors (Lipinski definition) is 3. The average Bonchev–Trinajstić information content (AvgIpc) is 2.90. The van der Waals surface area contributed by atoms with E-state index in [0.717, 1.165) is 6.42 Å². The van der Waals surface area contributed by atoms with Gasteiger partial charge in [-0.2, -0.15) is 10.1 Å². The summed E-state index contributed by atoms with van der Waals surface area (Å²) in [7, 11) is 0. The van der Waals surface area contributed by atoms with Gasteiger partial charge in [-0.3, -0.25) is 4.79 Å². The monoisotopic (exact) mass is 388 g/mol. The zero-order valence-electron chi connectivity index (χ0n) is 14.5. The van der Waals surface area contributed by atoms with E-state index in [1.807, 2.05) is 37.3 Å². The lowest BCUT2D eigenvalue weighted by Crippen LogP contribution is -2.21. The number of halogens is 2. The second-order valence-electron chi connectivity index (χ2n) is 5.85. The Morgan fingerprint density at radius 3 is 2.62 bits per heavy atom. The maximum absolute atomic E-state index is 12.9. The number of rotatable bonds is 5. The van der Waals surface area contributed by atoms with Gasteiger partial charge in [0.1, 0.15) is 5.75 Å². The number of anilines is 1. The van der Waals surface area contributed by atoms with E-state index in [1.54, 1.807) is 25.1 Å². The van der Waals surface area contributed by atoms with Gasteiger partial charge in [0.15, 0.2) is 0 Å². The minimum atomic E-state index is -0.203. The summed E-state index contributed by atoms with van der Waals surface area (Å²) in [5.41, 5.74) is 2.47. The number of nitrogens with zero attached hydrogens (tertiary/aromatic N) is 2. The van der Waals surface area contributed by atoms with Gasteiger partial charge in [-0.05, 0) is 43.7 Å². The van der Waals surface area contributed by atoms with Crippen LogP contribution in [0.4, 0.5) is 5.69 Å². The van der Waals surface area contributed by atoms with Crippen LogP contribution in [0.2, 0.25) is 10.0 Å². The molecule has 1 amide bonds. The van der Waals surface area contributed by atoms with E-state index in [0.29, 0.717) is 44.9 Å². The van der Waals surface area contributed by atoms with Crippen molar-refractivity contribution < 1.29 is 9.53 Å². The second kappa shape index (κ2) is 7.94. The van der Waals surface area contributed by atoms with Gasteiger partial charge < -0.3 is 4.74 Å². The van der Waals surface area contributed by atoms with E-state index >= 15 is 0 Å². The van der Waals surface area contributed by atoms with E-state index in [1.165, 1.54) is 5.01 Å². The summed E-state index contributed by atoms with van der Waals surface area (Å²) in [6.07, 6.45) is 2.57. The quantitative estimate of drug-likeness (QED) is 0.626. The van der Waals surface area contributed by atoms with Gasteiger partial charge in [0, 0.05) is 10.6 Å². The molecule has 0 bridgehead atoms. The van der Waals surface area contributed by atoms with Gasteiger partial charge in [-0.1, -0.05) is 48.3 Å². The lowest BCUT2D eigenvalue weighted by molar-refractivity contribution is -0.114. The highest BCUT2D eigenvalue weighted by atomic mass is 35.5. The molecule has 1 heterocycles. The molecule has 0 aromatic heterocycles. The van der Waals surface area contributed by atoms with Crippen LogP contribution in [-0.4, -0.2) is 18.2 Å². The van der Waals surface area contributed by atoms with Crippen molar-refractivity contribution in [3.63, 3.8) is 0 Å². The third-order valence-corrected chi connectivity index (χ3v) is 4.35. The molecule has 4 nitrogen and oxygen atoms in total. The number of carbonyl (C=O) groups excluding carboxylic acids is 1. The Labute approximate surface area is 162 Å². The molecule has 26 heavy (non-hydrogen) atoms. The minimum Gasteiger partial charge on any atom is -0.491 e. The lowest BCUT2D eigenvalue weighted by Gasteiger charge is -2.13. The number of benzene rings is 2. The molecule has 0 fully saturated rings. The lowest BCUT2D eigenvalue weighted by atomic mass is 10.1. The maximum atomic E-state index is 12.9. The molecule has 0 saturated heterocycles. The standard InChI is InChI=1S/C20H18Cl2N2O2/c1-3-9-26-19-14(10-15(21)12-18(19)22)11-17-13(2)23-24(20(17)25)16-7-5-4-6-8-16/h4-8,10-12H,3,9H2,1-2H3/b17-11+. The van der Waals surface area contributed by atoms with Crippen LogP contribution < -0.4 is 9.75 Å². The van der Waals surface area contributed by atoms with Crippen molar-refractivity contribution >= 4 is 46.6 Å². The van der Waals surface area contributed by atoms with Crippen molar-refractivity contribution in [2.75, 3.05) is 11.6 Å². The van der Waals surface area contributed by atoms with Crippen LogP contribution in [0, 0.1) is 0 Å². The number of hydrogen-bond donors (Lipinski definition) is 0. The predicted molar refractivity (Wildman–Crippen MR) is 107 cm³/mol. The summed E-state index contributed by atoms with van der Waals surface area (Å²) in [4.78, 5) is 12.9.